The molecule has 3 nitrogen and oxygen atoms in total. The SMILES string of the molecule is CCOC1CC(NC2CCCN(C)C2)C12CCCC2. The lowest BCUT2D eigenvalue weighted by Gasteiger charge is -2.55. The summed E-state index contributed by atoms with van der Waals surface area (Å²) in [5, 5.41) is 3.99. The van der Waals surface area contributed by atoms with Crippen LogP contribution < -0.4 is 5.32 Å². The predicted octanol–water partition coefficient (Wildman–Crippen LogP) is 2.41. The average Bonchev–Trinajstić information content (AvgIpc) is 2.90. The van der Waals surface area contributed by atoms with Gasteiger partial charge in [-0.1, -0.05) is 12.8 Å². The van der Waals surface area contributed by atoms with E-state index in [1.54, 1.807) is 0 Å². The van der Waals surface area contributed by atoms with Crippen LogP contribution in [0.3, 0.4) is 0 Å². The highest BCUT2D eigenvalue weighted by Crippen LogP contribution is 2.54. The highest BCUT2D eigenvalue weighted by molar-refractivity contribution is 5.10. The molecular weight excluding hydrogens is 236 g/mol. The van der Waals surface area contributed by atoms with Gasteiger partial charge < -0.3 is 15.0 Å². The molecule has 1 heterocycles. The highest BCUT2D eigenvalue weighted by Gasteiger charge is 2.56. The zero-order valence-corrected chi connectivity index (χ0v) is 12.7. The van der Waals surface area contributed by atoms with E-state index in [1.165, 1.54) is 58.0 Å². The van der Waals surface area contributed by atoms with Crippen LogP contribution >= 0.6 is 0 Å². The molecule has 0 radical (unpaired) electrons. The van der Waals surface area contributed by atoms with E-state index in [2.05, 4.69) is 24.2 Å². The van der Waals surface area contributed by atoms with Crippen LogP contribution in [0.15, 0.2) is 0 Å². The van der Waals surface area contributed by atoms with Crippen LogP contribution in [0, 0.1) is 5.41 Å². The van der Waals surface area contributed by atoms with Crippen LogP contribution in [0.5, 0.6) is 0 Å². The molecule has 0 bridgehead atoms. The molecule has 3 rings (SSSR count). The van der Waals surface area contributed by atoms with Crippen LogP contribution in [-0.2, 0) is 4.74 Å². The molecular formula is C16H30N2O. The Balaban J connectivity index is 1.59. The van der Waals surface area contributed by atoms with Gasteiger partial charge in [0.1, 0.15) is 0 Å². The molecule has 2 saturated carbocycles. The number of piperidine rings is 1. The fourth-order valence-corrected chi connectivity index (χ4v) is 4.71. The summed E-state index contributed by atoms with van der Waals surface area (Å²) in [6.07, 6.45) is 10.1. The fraction of sp³-hybridized carbons (Fsp3) is 1.00. The van der Waals surface area contributed by atoms with Crippen molar-refractivity contribution in [3.63, 3.8) is 0 Å². The van der Waals surface area contributed by atoms with Crippen LogP contribution in [0.1, 0.15) is 51.9 Å². The minimum Gasteiger partial charge on any atom is -0.378 e. The first-order chi connectivity index (χ1) is 9.24. The van der Waals surface area contributed by atoms with E-state index in [-0.39, 0.29) is 0 Å². The third-order valence-corrected chi connectivity index (χ3v) is 5.75. The summed E-state index contributed by atoms with van der Waals surface area (Å²) in [4.78, 5) is 2.47. The van der Waals surface area contributed by atoms with E-state index >= 15 is 0 Å². The van der Waals surface area contributed by atoms with Crippen LogP contribution in [0.2, 0.25) is 0 Å². The summed E-state index contributed by atoms with van der Waals surface area (Å²) in [6, 6.07) is 1.44. The van der Waals surface area contributed by atoms with Crippen LogP contribution in [0.25, 0.3) is 0 Å². The standard InChI is InChI=1S/C16H30N2O/c1-3-19-15-11-14(16(15)8-4-5-9-16)17-13-7-6-10-18(2)12-13/h13-15,17H,3-12H2,1-2H3. The van der Waals surface area contributed by atoms with E-state index < -0.39 is 0 Å². The summed E-state index contributed by atoms with van der Waals surface area (Å²) in [5.41, 5.74) is 0.492. The Kier molecular flexibility index (Phi) is 4.16. The Labute approximate surface area is 118 Å². The van der Waals surface area contributed by atoms with Crippen molar-refractivity contribution in [2.75, 3.05) is 26.7 Å². The summed E-state index contributed by atoms with van der Waals surface area (Å²) in [6.45, 7) is 5.52. The number of hydrogen-bond acceptors (Lipinski definition) is 3. The molecule has 1 saturated heterocycles. The van der Waals surface area contributed by atoms with Gasteiger partial charge in [0.25, 0.3) is 0 Å². The molecule has 0 aromatic heterocycles. The number of nitrogens with one attached hydrogen (secondary N) is 1. The smallest absolute Gasteiger partial charge is 0.0661 e. The van der Waals surface area contributed by atoms with Crippen LogP contribution in [0.4, 0.5) is 0 Å². The van der Waals surface area contributed by atoms with Gasteiger partial charge in [-0.05, 0) is 52.6 Å². The summed E-state index contributed by atoms with van der Waals surface area (Å²) >= 11 is 0. The third kappa shape index (κ3) is 2.57. The zero-order valence-electron chi connectivity index (χ0n) is 12.7. The number of ether oxygens (including phenoxy) is 1. The van der Waals surface area contributed by atoms with Gasteiger partial charge in [-0.25, -0.2) is 0 Å². The van der Waals surface area contributed by atoms with Crippen molar-refractivity contribution in [1.82, 2.24) is 10.2 Å². The minimum atomic E-state index is 0.492. The molecule has 3 unspecified atom stereocenters. The van der Waals surface area contributed by atoms with Gasteiger partial charge >= 0.3 is 0 Å². The normalized spacial score (nSPS) is 38.5. The van der Waals surface area contributed by atoms with E-state index in [4.69, 9.17) is 4.74 Å². The van der Waals surface area contributed by atoms with Gasteiger partial charge in [-0.15, -0.1) is 0 Å². The first-order valence-electron chi connectivity index (χ1n) is 8.31. The predicted molar refractivity (Wildman–Crippen MR) is 78.4 cm³/mol. The van der Waals surface area contributed by atoms with Crippen molar-refractivity contribution in [2.45, 2.75) is 70.1 Å². The second kappa shape index (κ2) is 5.71. The molecule has 19 heavy (non-hydrogen) atoms. The lowest BCUT2D eigenvalue weighted by atomic mass is 9.60. The molecule has 3 fully saturated rings. The minimum absolute atomic E-state index is 0.492. The third-order valence-electron chi connectivity index (χ3n) is 5.75. The second-order valence-corrected chi connectivity index (χ2v) is 6.94. The fourth-order valence-electron chi connectivity index (χ4n) is 4.71. The number of hydrogen-bond donors (Lipinski definition) is 1. The van der Waals surface area contributed by atoms with Gasteiger partial charge in [-0.2, -0.15) is 0 Å². The Morgan fingerprint density at radius 2 is 2.05 bits per heavy atom. The van der Waals surface area contributed by atoms with Gasteiger partial charge in [0.2, 0.25) is 0 Å². The molecule has 110 valence electrons. The van der Waals surface area contributed by atoms with Crippen LogP contribution in [-0.4, -0.2) is 49.8 Å². The molecule has 3 atom stereocenters. The first-order valence-corrected chi connectivity index (χ1v) is 8.31. The Bertz CT molecular complexity index is 301. The molecule has 3 aliphatic rings. The van der Waals surface area contributed by atoms with Gasteiger partial charge in [0, 0.05) is 30.7 Å². The van der Waals surface area contributed by atoms with Gasteiger partial charge in [0.05, 0.1) is 6.10 Å². The maximum Gasteiger partial charge on any atom is 0.0661 e. The lowest BCUT2D eigenvalue weighted by Crippen LogP contribution is -2.65. The Morgan fingerprint density at radius 1 is 1.26 bits per heavy atom. The summed E-state index contributed by atoms with van der Waals surface area (Å²) in [7, 11) is 2.25. The average molecular weight is 266 g/mol. The second-order valence-electron chi connectivity index (χ2n) is 6.94. The molecule has 0 aromatic rings. The summed E-state index contributed by atoms with van der Waals surface area (Å²) < 4.78 is 6.01. The number of likely N-dealkylation sites (N-methyl/N-ethyl adjacent to an activating group) is 1. The van der Waals surface area contributed by atoms with Crippen molar-refractivity contribution in [1.29, 1.82) is 0 Å². The van der Waals surface area contributed by atoms with Gasteiger partial charge in [0.15, 0.2) is 0 Å². The Hall–Kier alpha value is -0.120. The molecule has 1 aliphatic heterocycles. The first kappa shape index (κ1) is 13.8. The maximum atomic E-state index is 6.01. The van der Waals surface area contributed by atoms with Crippen molar-refractivity contribution in [3.8, 4) is 0 Å². The number of likely N-dealkylation sites (tertiary alicyclic amines) is 1. The number of nitrogens with zero attached hydrogens (tertiary/aromatic N) is 1. The van der Waals surface area contributed by atoms with E-state index in [0.717, 1.165) is 12.6 Å². The maximum absolute atomic E-state index is 6.01. The number of rotatable bonds is 4. The lowest BCUT2D eigenvalue weighted by molar-refractivity contribution is -0.133. The van der Waals surface area contributed by atoms with Crippen molar-refractivity contribution >= 4 is 0 Å². The molecule has 3 heteroatoms. The summed E-state index contributed by atoms with van der Waals surface area (Å²) in [5.74, 6) is 0. The van der Waals surface area contributed by atoms with E-state index in [1.807, 2.05) is 0 Å². The van der Waals surface area contributed by atoms with Crippen molar-refractivity contribution in [3.05, 3.63) is 0 Å². The molecule has 0 aromatic carbocycles. The molecule has 1 N–H and O–H groups in total. The zero-order chi connectivity index (χ0) is 13.3. The topological polar surface area (TPSA) is 24.5 Å². The van der Waals surface area contributed by atoms with E-state index in [9.17, 15) is 0 Å². The monoisotopic (exact) mass is 266 g/mol. The van der Waals surface area contributed by atoms with Crippen molar-refractivity contribution < 1.29 is 4.74 Å². The Morgan fingerprint density at radius 3 is 2.74 bits per heavy atom. The highest BCUT2D eigenvalue weighted by atomic mass is 16.5. The van der Waals surface area contributed by atoms with Crippen molar-refractivity contribution in [2.24, 2.45) is 5.41 Å². The molecule has 0 amide bonds. The van der Waals surface area contributed by atoms with Gasteiger partial charge in [-0.3, -0.25) is 0 Å². The van der Waals surface area contributed by atoms with E-state index in [0.29, 0.717) is 17.6 Å². The molecule has 2 aliphatic carbocycles. The largest absolute Gasteiger partial charge is 0.378 e. The quantitative estimate of drug-likeness (QED) is 0.845. The molecule has 1 spiro atoms.